The van der Waals surface area contributed by atoms with Gasteiger partial charge in [-0.3, -0.25) is 0 Å². The molecule has 0 aliphatic rings. The molecule has 0 bridgehead atoms. The Morgan fingerprint density at radius 2 is 1.45 bits per heavy atom. The summed E-state index contributed by atoms with van der Waals surface area (Å²) in [5, 5.41) is 11.6. The Hall–Kier alpha value is -2.95. The average molecular weight is 312 g/mol. The van der Waals surface area contributed by atoms with Crippen LogP contribution in [0, 0.1) is 40.4 Å². The maximum atomic E-state index is 13.5. The minimum Gasteiger partial charge on any atom is -0.350 e. The molecule has 0 spiro atoms. The second kappa shape index (κ2) is 6.22. The lowest BCUT2D eigenvalue weighted by molar-refractivity contribution is 0.287. The van der Waals surface area contributed by atoms with E-state index in [0.717, 1.165) is 24.4 Å². The Kier molecular flexibility index (Phi) is 4.36. The molecule has 22 heavy (non-hydrogen) atoms. The predicted molar refractivity (Wildman–Crippen MR) is 65.6 cm³/mol. The normalized spacial score (nSPS) is 10.7. The Labute approximate surface area is 120 Å². The van der Waals surface area contributed by atoms with E-state index in [0.29, 0.717) is 5.56 Å². The van der Waals surface area contributed by atoms with Gasteiger partial charge in [-0.05, 0) is 17.7 Å². The first-order chi connectivity index (χ1) is 10.5. The van der Waals surface area contributed by atoms with Gasteiger partial charge in [-0.25, -0.2) is 13.2 Å². The Morgan fingerprint density at radius 1 is 0.909 bits per heavy atom. The molecule has 3 nitrogen and oxygen atoms in total. The summed E-state index contributed by atoms with van der Waals surface area (Å²) in [5.74, 6) is -9.46. The van der Waals surface area contributed by atoms with Crippen LogP contribution in [0.2, 0.25) is 0 Å². The summed E-state index contributed by atoms with van der Waals surface area (Å²) in [7, 11) is 0. The fourth-order valence-electron chi connectivity index (χ4n) is 1.48. The van der Waals surface area contributed by atoms with Crippen molar-refractivity contribution in [3.05, 3.63) is 64.5 Å². The molecule has 0 radical (unpaired) electrons. The van der Waals surface area contributed by atoms with Crippen LogP contribution in [0.25, 0.3) is 0 Å². The number of oxime groups is 1. The van der Waals surface area contributed by atoms with Crippen molar-refractivity contribution >= 4 is 6.21 Å². The molecule has 0 amide bonds. The molecule has 0 heterocycles. The SMILES string of the molecule is N#Cc1c(F)c(F)c(O/N=C/c2ccc(F)cc2)c(F)c1F. The van der Waals surface area contributed by atoms with Gasteiger partial charge in [0.05, 0.1) is 6.21 Å². The van der Waals surface area contributed by atoms with Gasteiger partial charge in [-0.15, -0.1) is 0 Å². The number of nitriles is 1. The molecule has 2 aromatic carbocycles. The topological polar surface area (TPSA) is 45.4 Å². The summed E-state index contributed by atoms with van der Waals surface area (Å²) in [6, 6.07) is 5.77. The molecular weight excluding hydrogens is 307 g/mol. The van der Waals surface area contributed by atoms with Crippen molar-refractivity contribution in [1.29, 1.82) is 5.26 Å². The maximum absolute atomic E-state index is 13.5. The van der Waals surface area contributed by atoms with Gasteiger partial charge in [0.15, 0.2) is 11.6 Å². The number of halogens is 5. The molecular formula is C14H5F5N2O. The van der Waals surface area contributed by atoms with Crippen LogP contribution in [0.5, 0.6) is 5.75 Å². The van der Waals surface area contributed by atoms with Crippen LogP contribution in [-0.2, 0) is 0 Å². The minimum atomic E-state index is -1.88. The molecule has 0 fully saturated rings. The second-order valence-corrected chi connectivity index (χ2v) is 3.95. The molecule has 2 aromatic rings. The zero-order chi connectivity index (χ0) is 16.3. The van der Waals surface area contributed by atoms with E-state index >= 15 is 0 Å². The van der Waals surface area contributed by atoms with Gasteiger partial charge in [0, 0.05) is 0 Å². The van der Waals surface area contributed by atoms with Crippen molar-refractivity contribution in [1.82, 2.24) is 0 Å². The number of nitrogens with zero attached hydrogens (tertiary/aromatic N) is 2. The first kappa shape index (κ1) is 15.4. The zero-order valence-corrected chi connectivity index (χ0v) is 10.6. The van der Waals surface area contributed by atoms with E-state index in [1.165, 1.54) is 12.1 Å². The van der Waals surface area contributed by atoms with Crippen molar-refractivity contribution in [2.45, 2.75) is 0 Å². The highest BCUT2D eigenvalue weighted by atomic mass is 19.2. The van der Waals surface area contributed by atoms with Crippen LogP contribution >= 0.6 is 0 Å². The van der Waals surface area contributed by atoms with Crippen LogP contribution in [0.3, 0.4) is 0 Å². The van der Waals surface area contributed by atoms with Gasteiger partial charge < -0.3 is 4.84 Å². The van der Waals surface area contributed by atoms with E-state index in [9.17, 15) is 22.0 Å². The summed E-state index contributed by atoms with van der Waals surface area (Å²) >= 11 is 0. The molecule has 8 heteroatoms. The number of benzene rings is 2. The van der Waals surface area contributed by atoms with Crippen molar-refractivity contribution in [2.75, 3.05) is 0 Å². The lowest BCUT2D eigenvalue weighted by Crippen LogP contribution is -2.04. The van der Waals surface area contributed by atoms with Gasteiger partial charge >= 0.3 is 0 Å². The van der Waals surface area contributed by atoms with Crippen LogP contribution in [-0.4, -0.2) is 6.21 Å². The Balaban J connectivity index is 2.31. The lowest BCUT2D eigenvalue weighted by Gasteiger charge is -2.05. The van der Waals surface area contributed by atoms with E-state index in [1.807, 2.05) is 0 Å². The first-order valence-corrected chi connectivity index (χ1v) is 5.67. The highest BCUT2D eigenvalue weighted by Crippen LogP contribution is 2.29. The molecule has 0 N–H and O–H groups in total. The molecule has 0 saturated heterocycles. The zero-order valence-electron chi connectivity index (χ0n) is 10.6. The molecule has 0 saturated carbocycles. The maximum Gasteiger partial charge on any atom is 0.235 e. The third-order valence-electron chi connectivity index (χ3n) is 2.55. The van der Waals surface area contributed by atoms with Gasteiger partial charge in [-0.1, -0.05) is 17.3 Å². The van der Waals surface area contributed by atoms with Gasteiger partial charge in [-0.2, -0.15) is 14.0 Å². The van der Waals surface area contributed by atoms with E-state index in [1.54, 1.807) is 0 Å². The van der Waals surface area contributed by atoms with Crippen molar-refractivity contribution in [3.8, 4) is 11.8 Å². The lowest BCUT2D eigenvalue weighted by atomic mass is 10.2. The third-order valence-corrected chi connectivity index (χ3v) is 2.55. The third kappa shape index (κ3) is 2.88. The average Bonchev–Trinajstić information content (AvgIpc) is 2.51. The predicted octanol–water partition coefficient (Wildman–Crippen LogP) is 3.67. The highest BCUT2D eigenvalue weighted by Gasteiger charge is 2.27. The van der Waals surface area contributed by atoms with Crippen LogP contribution in [0.15, 0.2) is 29.4 Å². The monoisotopic (exact) mass is 312 g/mol. The van der Waals surface area contributed by atoms with Crippen molar-refractivity contribution in [3.63, 3.8) is 0 Å². The Bertz CT molecular complexity index is 752. The van der Waals surface area contributed by atoms with Crippen LogP contribution in [0.4, 0.5) is 22.0 Å². The molecule has 0 aliphatic heterocycles. The summed E-state index contributed by atoms with van der Waals surface area (Å²) < 4.78 is 66.3. The van der Waals surface area contributed by atoms with E-state index in [2.05, 4.69) is 9.99 Å². The number of rotatable bonds is 3. The van der Waals surface area contributed by atoms with Gasteiger partial charge in [0.2, 0.25) is 17.4 Å². The number of hydrogen-bond donors (Lipinski definition) is 0. The van der Waals surface area contributed by atoms with E-state index in [4.69, 9.17) is 5.26 Å². The fourth-order valence-corrected chi connectivity index (χ4v) is 1.48. The second-order valence-electron chi connectivity index (χ2n) is 3.95. The highest BCUT2D eigenvalue weighted by molar-refractivity contribution is 5.78. The molecule has 112 valence electrons. The summed E-state index contributed by atoms with van der Waals surface area (Å²) in [6.07, 6.45) is 0.951. The molecule has 0 atom stereocenters. The van der Waals surface area contributed by atoms with Gasteiger partial charge in [0.25, 0.3) is 0 Å². The summed E-state index contributed by atoms with van der Waals surface area (Å²) in [6.45, 7) is 0. The van der Waals surface area contributed by atoms with Gasteiger partial charge in [0.1, 0.15) is 17.4 Å². The Morgan fingerprint density at radius 3 is 1.95 bits per heavy atom. The molecule has 2 rings (SSSR count). The summed E-state index contributed by atoms with van der Waals surface area (Å²) in [5.41, 5.74) is -1.08. The minimum absolute atomic E-state index is 0.316. The fraction of sp³-hybridized carbons (Fsp3) is 0. The molecule has 0 aliphatic carbocycles. The van der Waals surface area contributed by atoms with E-state index < -0.39 is 40.4 Å². The first-order valence-electron chi connectivity index (χ1n) is 5.67. The molecule has 0 unspecified atom stereocenters. The van der Waals surface area contributed by atoms with Crippen molar-refractivity contribution < 1.29 is 26.8 Å². The van der Waals surface area contributed by atoms with Crippen LogP contribution < -0.4 is 4.84 Å². The summed E-state index contributed by atoms with van der Waals surface area (Å²) in [4.78, 5) is 4.30. The van der Waals surface area contributed by atoms with E-state index in [-0.39, 0.29) is 0 Å². The quantitative estimate of drug-likeness (QED) is 0.376. The molecule has 0 aromatic heterocycles. The number of hydrogen-bond acceptors (Lipinski definition) is 3. The van der Waals surface area contributed by atoms with Crippen molar-refractivity contribution in [2.24, 2.45) is 5.16 Å². The standard InChI is InChI=1S/C14H5F5N2O/c15-8-3-1-7(2-4-8)6-21-22-14-12(18)10(16)9(5-20)11(17)13(14)19/h1-4,6H/b21-6+. The largest absolute Gasteiger partial charge is 0.350 e. The smallest absolute Gasteiger partial charge is 0.235 e. The van der Waals surface area contributed by atoms with Crippen LogP contribution in [0.1, 0.15) is 11.1 Å².